The predicted molar refractivity (Wildman–Crippen MR) is 99.6 cm³/mol. The fourth-order valence-electron chi connectivity index (χ4n) is 3.42. The highest BCUT2D eigenvalue weighted by Crippen LogP contribution is 2.37. The van der Waals surface area contributed by atoms with E-state index in [4.69, 9.17) is 9.47 Å². The van der Waals surface area contributed by atoms with E-state index in [1.54, 1.807) is 0 Å². The number of benzene rings is 2. The van der Waals surface area contributed by atoms with E-state index in [1.165, 1.54) is 30.4 Å². The zero-order valence-electron chi connectivity index (χ0n) is 14.7. The van der Waals surface area contributed by atoms with Crippen LogP contribution in [-0.2, 0) is 6.54 Å². The molecule has 1 fully saturated rings. The van der Waals surface area contributed by atoms with Crippen LogP contribution < -0.4 is 20.1 Å². The largest absolute Gasteiger partial charge is 0.486 e. The molecule has 1 aliphatic heterocycles. The van der Waals surface area contributed by atoms with Crippen LogP contribution in [0.4, 0.5) is 4.79 Å². The lowest BCUT2D eigenvalue weighted by Gasteiger charge is -2.28. The highest BCUT2D eigenvalue weighted by Gasteiger charge is 2.23. The Labute approximate surface area is 153 Å². The number of rotatable bonds is 5. The maximum atomic E-state index is 12.2. The van der Waals surface area contributed by atoms with Gasteiger partial charge in [0.05, 0.1) is 6.54 Å². The summed E-state index contributed by atoms with van der Waals surface area (Å²) in [5.41, 5.74) is 2.58. The minimum atomic E-state index is -0.184. The van der Waals surface area contributed by atoms with Crippen LogP contribution in [0, 0.1) is 0 Å². The third-order valence-corrected chi connectivity index (χ3v) is 5.10. The van der Waals surface area contributed by atoms with Crippen LogP contribution in [0.25, 0.3) is 0 Å². The average Bonchev–Trinajstić information content (AvgIpc) is 2.64. The van der Waals surface area contributed by atoms with Crippen molar-refractivity contribution < 1.29 is 14.3 Å². The molecule has 0 bridgehead atoms. The van der Waals surface area contributed by atoms with Gasteiger partial charge in [-0.2, -0.15) is 0 Å². The van der Waals surface area contributed by atoms with E-state index in [-0.39, 0.29) is 12.1 Å². The maximum Gasteiger partial charge on any atom is 0.315 e. The first kappa shape index (κ1) is 16.8. The smallest absolute Gasteiger partial charge is 0.315 e. The molecule has 0 radical (unpaired) electrons. The number of urea groups is 1. The topological polar surface area (TPSA) is 59.6 Å². The van der Waals surface area contributed by atoms with E-state index in [9.17, 15) is 4.79 Å². The molecule has 0 saturated heterocycles. The standard InChI is InChI=1S/C21H24N2O3/c24-21(22-12-16-6-1-2-9-18(16)15-7-5-8-15)23-13-17-14-25-19-10-3-4-11-20(19)26-17/h1-4,6,9-11,15,17H,5,7-8,12-14H2,(H2,22,23,24). The van der Waals surface area contributed by atoms with Crippen molar-refractivity contribution in [1.29, 1.82) is 0 Å². The molecule has 1 unspecified atom stereocenters. The van der Waals surface area contributed by atoms with Crippen molar-refractivity contribution in [2.24, 2.45) is 0 Å². The lowest BCUT2D eigenvalue weighted by atomic mass is 9.78. The Hall–Kier alpha value is -2.69. The van der Waals surface area contributed by atoms with Gasteiger partial charge in [-0.1, -0.05) is 42.8 Å². The van der Waals surface area contributed by atoms with E-state index < -0.39 is 0 Å². The van der Waals surface area contributed by atoms with Crippen molar-refractivity contribution in [2.45, 2.75) is 37.8 Å². The highest BCUT2D eigenvalue weighted by molar-refractivity contribution is 5.73. The predicted octanol–water partition coefficient (Wildman–Crippen LogP) is 3.59. The van der Waals surface area contributed by atoms with Crippen LogP contribution in [0.2, 0.25) is 0 Å². The van der Waals surface area contributed by atoms with Crippen molar-refractivity contribution >= 4 is 6.03 Å². The van der Waals surface area contributed by atoms with E-state index >= 15 is 0 Å². The molecule has 136 valence electrons. The number of hydrogen-bond donors (Lipinski definition) is 2. The van der Waals surface area contributed by atoms with Gasteiger partial charge in [0.25, 0.3) is 0 Å². The Morgan fingerprint density at radius 3 is 2.58 bits per heavy atom. The Morgan fingerprint density at radius 1 is 1.00 bits per heavy atom. The summed E-state index contributed by atoms with van der Waals surface area (Å²) >= 11 is 0. The molecule has 2 aromatic carbocycles. The van der Waals surface area contributed by atoms with Gasteiger partial charge in [0, 0.05) is 6.54 Å². The van der Waals surface area contributed by atoms with Crippen molar-refractivity contribution in [1.82, 2.24) is 10.6 Å². The molecule has 1 heterocycles. The minimum Gasteiger partial charge on any atom is -0.486 e. The Bertz CT molecular complexity index is 773. The quantitative estimate of drug-likeness (QED) is 0.864. The third-order valence-electron chi connectivity index (χ3n) is 5.10. The van der Waals surface area contributed by atoms with Crippen LogP contribution in [0.3, 0.4) is 0 Å². The first-order valence-corrected chi connectivity index (χ1v) is 9.27. The Kier molecular flexibility index (Phi) is 4.95. The monoisotopic (exact) mass is 352 g/mol. The summed E-state index contributed by atoms with van der Waals surface area (Å²) in [5, 5.41) is 5.83. The molecule has 0 spiro atoms. The summed E-state index contributed by atoms with van der Waals surface area (Å²) in [5.74, 6) is 2.13. The van der Waals surface area contributed by atoms with Gasteiger partial charge >= 0.3 is 6.03 Å². The number of carbonyl (C=O) groups is 1. The molecule has 0 aromatic heterocycles. The van der Waals surface area contributed by atoms with Gasteiger partial charge in [-0.3, -0.25) is 0 Å². The highest BCUT2D eigenvalue weighted by atomic mass is 16.6. The number of fused-ring (bicyclic) bond motifs is 1. The van der Waals surface area contributed by atoms with Crippen LogP contribution >= 0.6 is 0 Å². The second-order valence-corrected chi connectivity index (χ2v) is 6.89. The van der Waals surface area contributed by atoms with Gasteiger partial charge in [-0.15, -0.1) is 0 Å². The van der Waals surface area contributed by atoms with E-state index in [2.05, 4.69) is 28.8 Å². The van der Waals surface area contributed by atoms with Gasteiger partial charge in [0.1, 0.15) is 6.61 Å². The number of hydrogen-bond acceptors (Lipinski definition) is 3. The number of carbonyl (C=O) groups excluding carboxylic acids is 1. The van der Waals surface area contributed by atoms with E-state index in [1.807, 2.05) is 30.3 Å². The van der Waals surface area contributed by atoms with Gasteiger partial charge in [-0.25, -0.2) is 4.79 Å². The second-order valence-electron chi connectivity index (χ2n) is 6.89. The SMILES string of the molecule is O=C(NCc1ccccc1C1CCC1)NCC1COc2ccccc2O1. The Morgan fingerprint density at radius 2 is 1.77 bits per heavy atom. The van der Waals surface area contributed by atoms with Gasteiger partial charge in [-0.05, 0) is 42.0 Å². The normalized spacial score (nSPS) is 18.7. The molecule has 2 N–H and O–H groups in total. The average molecular weight is 352 g/mol. The van der Waals surface area contributed by atoms with E-state index in [0.717, 1.165) is 11.5 Å². The van der Waals surface area contributed by atoms with Crippen molar-refractivity contribution in [3.8, 4) is 11.5 Å². The molecule has 1 aliphatic carbocycles. The van der Waals surface area contributed by atoms with Crippen LogP contribution in [-0.4, -0.2) is 25.3 Å². The lowest BCUT2D eigenvalue weighted by Crippen LogP contribution is -2.44. The first-order valence-electron chi connectivity index (χ1n) is 9.27. The molecule has 26 heavy (non-hydrogen) atoms. The second kappa shape index (κ2) is 7.68. The fourth-order valence-corrected chi connectivity index (χ4v) is 3.42. The number of para-hydroxylation sites is 2. The van der Waals surface area contributed by atoms with Crippen LogP contribution in [0.1, 0.15) is 36.3 Å². The third kappa shape index (κ3) is 3.77. The van der Waals surface area contributed by atoms with E-state index in [0.29, 0.717) is 25.6 Å². The van der Waals surface area contributed by atoms with Crippen LogP contribution in [0.15, 0.2) is 48.5 Å². The Balaban J connectivity index is 1.25. The molecule has 2 amide bonds. The summed E-state index contributed by atoms with van der Waals surface area (Å²) in [6.45, 7) is 1.38. The zero-order chi connectivity index (χ0) is 17.8. The number of ether oxygens (including phenoxy) is 2. The summed E-state index contributed by atoms with van der Waals surface area (Å²) in [4.78, 5) is 12.2. The van der Waals surface area contributed by atoms with Gasteiger partial charge < -0.3 is 20.1 Å². The minimum absolute atomic E-state index is 0.182. The molecule has 5 nitrogen and oxygen atoms in total. The fraction of sp³-hybridized carbons (Fsp3) is 0.381. The molecule has 1 atom stereocenters. The first-order chi connectivity index (χ1) is 12.8. The zero-order valence-corrected chi connectivity index (χ0v) is 14.7. The van der Waals surface area contributed by atoms with Crippen molar-refractivity contribution in [2.75, 3.05) is 13.2 Å². The molecule has 4 rings (SSSR count). The summed E-state index contributed by atoms with van der Waals surface area (Å²) in [6, 6.07) is 15.8. The maximum absolute atomic E-state index is 12.2. The number of amides is 2. The summed E-state index contributed by atoms with van der Waals surface area (Å²) < 4.78 is 11.5. The molecular formula is C21H24N2O3. The summed E-state index contributed by atoms with van der Waals surface area (Å²) in [6.07, 6.45) is 3.63. The number of nitrogens with one attached hydrogen (secondary N) is 2. The van der Waals surface area contributed by atoms with Crippen molar-refractivity contribution in [3.63, 3.8) is 0 Å². The van der Waals surface area contributed by atoms with Gasteiger partial charge in [0.15, 0.2) is 17.6 Å². The molecule has 2 aliphatic rings. The molecule has 1 saturated carbocycles. The molecular weight excluding hydrogens is 328 g/mol. The lowest BCUT2D eigenvalue weighted by molar-refractivity contribution is 0.0918. The molecule has 5 heteroatoms. The van der Waals surface area contributed by atoms with Gasteiger partial charge in [0.2, 0.25) is 0 Å². The molecule has 2 aromatic rings. The van der Waals surface area contributed by atoms with Crippen molar-refractivity contribution in [3.05, 3.63) is 59.7 Å². The van der Waals surface area contributed by atoms with Crippen LogP contribution in [0.5, 0.6) is 11.5 Å². The summed E-state index contributed by atoms with van der Waals surface area (Å²) in [7, 11) is 0.